The monoisotopic (exact) mass is 316 g/mol. The van der Waals surface area contributed by atoms with Gasteiger partial charge in [0, 0.05) is 11.2 Å². The summed E-state index contributed by atoms with van der Waals surface area (Å²) in [7, 11) is 0. The lowest BCUT2D eigenvalue weighted by molar-refractivity contribution is 0.0149. The highest BCUT2D eigenvalue weighted by Gasteiger charge is 2.38. The van der Waals surface area contributed by atoms with Crippen LogP contribution in [-0.4, -0.2) is 57.1 Å². The van der Waals surface area contributed by atoms with Gasteiger partial charge in [-0.1, -0.05) is 32.6 Å². The first-order valence-electron chi connectivity index (χ1n) is 7.23. The topological polar surface area (TPSA) is 49.7 Å². The van der Waals surface area contributed by atoms with E-state index in [1.807, 2.05) is 11.8 Å². The molecule has 0 bridgehead atoms. The van der Waals surface area contributed by atoms with Crippen LogP contribution in [0.5, 0.6) is 0 Å². The smallest absolute Gasteiger partial charge is 0.0921 e. The summed E-state index contributed by atoms with van der Waals surface area (Å²) in [5, 5.41) is 19.6. The second kappa shape index (κ2) is 7.42. The van der Waals surface area contributed by atoms with E-state index < -0.39 is 0 Å². The molecule has 2 heterocycles. The molecule has 2 aliphatic rings. The summed E-state index contributed by atoms with van der Waals surface area (Å²) in [5.74, 6) is 8.47. The zero-order valence-corrected chi connectivity index (χ0v) is 13.9. The molecular formula is C15H24O3S2. The Kier molecular flexibility index (Phi) is 6.12. The summed E-state index contributed by atoms with van der Waals surface area (Å²) in [5.41, 5.74) is 0. The van der Waals surface area contributed by atoms with Crippen molar-refractivity contribution >= 4 is 23.5 Å². The Morgan fingerprint density at radius 3 is 2.50 bits per heavy atom. The van der Waals surface area contributed by atoms with E-state index in [0.29, 0.717) is 12.5 Å². The fraction of sp³-hybridized carbons (Fsp3) is 0.867. The molecule has 114 valence electrons. The van der Waals surface area contributed by atoms with Crippen molar-refractivity contribution in [3.05, 3.63) is 0 Å². The largest absolute Gasteiger partial charge is 0.394 e. The average molecular weight is 316 g/mol. The van der Waals surface area contributed by atoms with Gasteiger partial charge in [0.25, 0.3) is 0 Å². The van der Waals surface area contributed by atoms with Crippen LogP contribution in [0.3, 0.4) is 0 Å². The van der Waals surface area contributed by atoms with Gasteiger partial charge >= 0.3 is 0 Å². The number of aliphatic hydroxyl groups excluding tert-OH is 2. The number of hydrogen-bond acceptors (Lipinski definition) is 5. The van der Waals surface area contributed by atoms with Gasteiger partial charge in [0.2, 0.25) is 0 Å². The van der Waals surface area contributed by atoms with Crippen LogP contribution in [-0.2, 0) is 4.74 Å². The molecule has 0 aromatic carbocycles. The number of aliphatic hydroxyl groups is 2. The lowest BCUT2D eigenvalue weighted by atomic mass is 9.99. The average Bonchev–Trinajstić information content (AvgIpc) is 2.90. The fourth-order valence-corrected chi connectivity index (χ4v) is 5.48. The van der Waals surface area contributed by atoms with Gasteiger partial charge in [-0.15, -0.1) is 23.5 Å². The van der Waals surface area contributed by atoms with Crippen LogP contribution < -0.4 is 0 Å². The molecule has 20 heavy (non-hydrogen) atoms. The Labute approximate surface area is 130 Å². The first-order chi connectivity index (χ1) is 9.54. The molecule has 0 aliphatic carbocycles. The highest BCUT2D eigenvalue weighted by atomic mass is 32.2. The highest BCUT2D eigenvalue weighted by molar-refractivity contribution is 8.01. The third-order valence-electron chi connectivity index (χ3n) is 4.03. The van der Waals surface area contributed by atoms with Crippen molar-refractivity contribution in [2.75, 3.05) is 19.0 Å². The van der Waals surface area contributed by atoms with Gasteiger partial charge in [-0.05, 0) is 11.7 Å². The van der Waals surface area contributed by atoms with E-state index in [2.05, 4.69) is 32.6 Å². The van der Waals surface area contributed by atoms with Crippen molar-refractivity contribution < 1.29 is 14.9 Å². The summed E-state index contributed by atoms with van der Waals surface area (Å²) in [4.78, 5) is 0. The molecule has 0 aromatic heterocycles. The predicted octanol–water partition coefficient (Wildman–Crippen LogP) is 1.62. The molecule has 0 amide bonds. The molecule has 7 atom stereocenters. The maximum absolute atomic E-state index is 9.99. The van der Waals surface area contributed by atoms with E-state index in [-0.39, 0.29) is 40.5 Å². The third kappa shape index (κ3) is 3.66. The molecule has 0 aromatic rings. The van der Waals surface area contributed by atoms with E-state index in [9.17, 15) is 5.11 Å². The molecule has 2 saturated heterocycles. The van der Waals surface area contributed by atoms with Crippen LogP contribution in [0.25, 0.3) is 0 Å². The molecule has 2 rings (SSSR count). The van der Waals surface area contributed by atoms with Crippen molar-refractivity contribution in [3.8, 4) is 11.8 Å². The first-order valence-corrected chi connectivity index (χ1v) is 9.22. The summed E-state index contributed by atoms with van der Waals surface area (Å²) < 4.78 is 5.73. The standard InChI is InChI=1S/C15H24O3S2/c1-9-8-19-13(15(9)18-7-6-16)5-4-12-10(2)14(17)11(3)20-12/h9-17H,6-8H2,1-3H3. The summed E-state index contributed by atoms with van der Waals surface area (Å²) in [6.07, 6.45) is -0.139. The Hall–Kier alpha value is 0.140. The lowest BCUT2D eigenvalue weighted by Gasteiger charge is -2.18. The molecule has 5 heteroatoms. The maximum Gasteiger partial charge on any atom is 0.0921 e. The molecular weight excluding hydrogens is 292 g/mol. The van der Waals surface area contributed by atoms with Crippen molar-refractivity contribution in [2.24, 2.45) is 11.8 Å². The molecule has 0 spiro atoms. The molecule has 3 nitrogen and oxygen atoms in total. The fourth-order valence-electron chi connectivity index (χ4n) is 2.68. The van der Waals surface area contributed by atoms with Gasteiger partial charge in [-0.3, -0.25) is 0 Å². The summed E-state index contributed by atoms with van der Waals surface area (Å²) in [6.45, 7) is 6.76. The van der Waals surface area contributed by atoms with Gasteiger partial charge in [0.1, 0.15) is 0 Å². The van der Waals surface area contributed by atoms with Crippen LogP contribution >= 0.6 is 23.5 Å². The van der Waals surface area contributed by atoms with E-state index in [1.165, 1.54) is 0 Å². The molecule has 0 saturated carbocycles. The zero-order valence-electron chi connectivity index (χ0n) is 12.3. The van der Waals surface area contributed by atoms with E-state index in [1.54, 1.807) is 11.8 Å². The molecule has 2 fully saturated rings. The zero-order chi connectivity index (χ0) is 14.7. The number of hydrogen-bond donors (Lipinski definition) is 2. The second-order valence-electron chi connectivity index (χ2n) is 5.69. The SMILES string of the molecule is CC1CSC(C#CC2SC(C)C(O)C2C)C1OCCO. The number of ether oxygens (including phenoxy) is 1. The minimum Gasteiger partial charge on any atom is -0.394 e. The van der Waals surface area contributed by atoms with Gasteiger partial charge in [-0.2, -0.15) is 0 Å². The van der Waals surface area contributed by atoms with Crippen LogP contribution in [0.2, 0.25) is 0 Å². The predicted molar refractivity (Wildman–Crippen MR) is 86.0 cm³/mol. The molecule has 0 radical (unpaired) electrons. The Morgan fingerprint density at radius 1 is 1.20 bits per heavy atom. The van der Waals surface area contributed by atoms with Gasteiger partial charge in [0.15, 0.2) is 0 Å². The molecule has 2 aliphatic heterocycles. The van der Waals surface area contributed by atoms with E-state index in [4.69, 9.17) is 9.84 Å². The van der Waals surface area contributed by atoms with Crippen molar-refractivity contribution in [2.45, 2.75) is 48.7 Å². The van der Waals surface area contributed by atoms with Crippen molar-refractivity contribution in [1.29, 1.82) is 0 Å². The number of rotatable bonds is 3. The highest BCUT2D eigenvalue weighted by Crippen LogP contribution is 2.38. The molecule has 2 N–H and O–H groups in total. The van der Waals surface area contributed by atoms with E-state index >= 15 is 0 Å². The Morgan fingerprint density at radius 2 is 1.90 bits per heavy atom. The number of thioether (sulfide) groups is 2. The van der Waals surface area contributed by atoms with Crippen LogP contribution in [0, 0.1) is 23.7 Å². The lowest BCUT2D eigenvalue weighted by Crippen LogP contribution is -2.28. The van der Waals surface area contributed by atoms with Crippen LogP contribution in [0.1, 0.15) is 20.8 Å². The maximum atomic E-state index is 9.99. The summed E-state index contributed by atoms with van der Waals surface area (Å²) in [6, 6.07) is 0. The van der Waals surface area contributed by atoms with Gasteiger partial charge < -0.3 is 14.9 Å². The first kappa shape index (κ1) is 16.5. The van der Waals surface area contributed by atoms with E-state index in [0.717, 1.165) is 5.75 Å². The van der Waals surface area contributed by atoms with Gasteiger partial charge in [0.05, 0.1) is 35.9 Å². The minimum atomic E-state index is -0.254. The Balaban J connectivity index is 1.97. The normalized spacial score (nSPS) is 44.4. The quantitative estimate of drug-likeness (QED) is 0.775. The van der Waals surface area contributed by atoms with Gasteiger partial charge in [-0.25, -0.2) is 0 Å². The Bertz CT molecular complexity index is 379. The second-order valence-corrected chi connectivity index (χ2v) is 8.39. The van der Waals surface area contributed by atoms with Crippen molar-refractivity contribution in [3.63, 3.8) is 0 Å². The minimum absolute atomic E-state index is 0.0628. The third-order valence-corrected chi connectivity index (χ3v) is 7.04. The van der Waals surface area contributed by atoms with Crippen LogP contribution in [0.15, 0.2) is 0 Å². The molecule has 7 unspecified atom stereocenters. The van der Waals surface area contributed by atoms with Crippen LogP contribution in [0.4, 0.5) is 0 Å². The summed E-state index contributed by atoms with van der Waals surface area (Å²) >= 11 is 3.61. The van der Waals surface area contributed by atoms with Crippen molar-refractivity contribution in [1.82, 2.24) is 0 Å².